The van der Waals surface area contributed by atoms with Crippen LogP contribution < -0.4 is 16.0 Å². The predicted octanol–water partition coefficient (Wildman–Crippen LogP) is -12.6. The van der Waals surface area contributed by atoms with Gasteiger partial charge in [-0.15, -0.1) is 0 Å². The minimum Gasteiger partial charge on any atom is -0.394 e. The van der Waals surface area contributed by atoms with E-state index < -0.39 is 241 Å². The molecule has 6 heterocycles. The normalized spacial score (nSPS) is 48.2. The highest BCUT2D eigenvalue weighted by Crippen LogP contribution is 2.37. The van der Waals surface area contributed by atoms with Crippen LogP contribution in [0.3, 0.4) is 0 Å². The summed E-state index contributed by atoms with van der Waals surface area (Å²) in [4.78, 5) is 36.9. The number of aliphatic hydroxyl groups is 16. The van der Waals surface area contributed by atoms with E-state index in [-0.39, 0.29) is 0 Å². The van der Waals surface area contributed by atoms with Gasteiger partial charge in [0.2, 0.25) is 17.7 Å². The number of carbonyl (C=O) groups excluding carboxylic acids is 3. The van der Waals surface area contributed by atoms with E-state index in [1.165, 1.54) is 13.8 Å². The summed E-state index contributed by atoms with van der Waals surface area (Å²) in [7, 11) is 0. The third-order valence-corrected chi connectivity index (χ3v) is 13.9. The molecule has 0 saturated carbocycles. The minimum atomic E-state index is -2.32. The molecule has 76 heavy (non-hydrogen) atoms. The first-order valence-corrected chi connectivity index (χ1v) is 24.4. The Balaban J connectivity index is 1.33. The van der Waals surface area contributed by atoms with Crippen LogP contribution in [0.25, 0.3) is 0 Å². The van der Waals surface area contributed by atoms with Gasteiger partial charge in [0, 0.05) is 20.8 Å². The third-order valence-electron chi connectivity index (χ3n) is 13.9. The monoisotopic (exact) mass is 1110 g/mol. The molecule has 6 saturated heterocycles. The van der Waals surface area contributed by atoms with Crippen LogP contribution in [0, 0.1) is 0 Å². The predicted molar refractivity (Wildman–Crippen MR) is 237 cm³/mol. The molecule has 0 bridgehead atoms. The second-order valence-electron chi connectivity index (χ2n) is 19.3. The lowest BCUT2D eigenvalue weighted by atomic mass is 9.92. The van der Waals surface area contributed by atoms with Gasteiger partial charge in [0.05, 0.1) is 51.8 Å². The van der Waals surface area contributed by atoms with Crippen molar-refractivity contribution in [2.24, 2.45) is 0 Å². The van der Waals surface area contributed by atoms with Gasteiger partial charge < -0.3 is 150 Å². The van der Waals surface area contributed by atoms with Gasteiger partial charge in [0.1, 0.15) is 140 Å². The SMILES string of the molecule is CC(=O)NC1[C@H](OC2C(O)[C@@H](O)[C@@H](CO)O[C@H]2O[C@@H]2C(O)[C@H](O[C@H]3C(CO)O[C@@H](O[C@H]4C(CO)O[C@@H](C)C(NC(C)=O)[C@H]4O)C(NC(C)=O)[C@H]3O)OC(CO[C@@H]3OC(CO)[C@H](O)[C@H](O)C3O)[C@@H]2O)OC(CO)[C@H](O)[C@@H]1O. The summed E-state index contributed by atoms with van der Waals surface area (Å²) >= 11 is 0. The van der Waals surface area contributed by atoms with Gasteiger partial charge in [-0.3, -0.25) is 14.4 Å². The lowest BCUT2D eigenvalue weighted by molar-refractivity contribution is -0.394. The first-order chi connectivity index (χ1) is 35.9. The molecule has 6 aliphatic rings. The fourth-order valence-corrected chi connectivity index (χ4v) is 9.86. The van der Waals surface area contributed by atoms with Crippen molar-refractivity contribution in [1.29, 1.82) is 0 Å². The number of hydrogen-bond donors (Lipinski definition) is 19. The molecule has 6 aliphatic heterocycles. The second-order valence-corrected chi connectivity index (χ2v) is 19.3. The van der Waals surface area contributed by atoms with E-state index in [2.05, 4.69) is 16.0 Å². The van der Waals surface area contributed by atoms with E-state index in [1.807, 2.05) is 0 Å². The molecule has 0 radical (unpaired) electrons. The van der Waals surface area contributed by atoms with Crippen LogP contribution in [0.1, 0.15) is 27.7 Å². The lowest BCUT2D eigenvalue weighted by Crippen LogP contribution is -2.70. The van der Waals surface area contributed by atoms with E-state index in [4.69, 9.17) is 52.1 Å². The first-order valence-electron chi connectivity index (χ1n) is 24.4. The molecule has 30 atom stereocenters. The number of nitrogens with one attached hydrogen (secondary N) is 3. The maximum atomic E-state index is 12.7. The number of carbonyl (C=O) groups is 3. The number of aliphatic hydroxyl groups excluding tert-OH is 16. The number of ether oxygens (including phenoxy) is 11. The Morgan fingerprint density at radius 3 is 1.26 bits per heavy atom. The van der Waals surface area contributed by atoms with Crippen molar-refractivity contribution in [2.75, 3.05) is 39.6 Å². The maximum Gasteiger partial charge on any atom is 0.217 e. The van der Waals surface area contributed by atoms with E-state index in [1.54, 1.807) is 0 Å². The fraction of sp³-hybridized carbons (Fsp3) is 0.930. The molecule has 0 aromatic carbocycles. The van der Waals surface area contributed by atoms with Gasteiger partial charge in [0.15, 0.2) is 31.5 Å². The highest BCUT2D eigenvalue weighted by Gasteiger charge is 2.58. The maximum absolute atomic E-state index is 12.7. The van der Waals surface area contributed by atoms with Crippen molar-refractivity contribution in [1.82, 2.24) is 16.0 Å². The van der Waals surface area contributed by atoms with Crippen LogP contribution in [-0.2, 0) is 66.5 Å². The third kappa shape index (κ3) is 13.7. The fourth-order valence-electron chi connectivity index (χ4n) is 9.86. The molecular weight excluding hydrogens is 1040 g/mol. The van der Waals surface area contributed by atoms with Crippen molar-refractivity contribution in [3.63, 3.8) is 0 Å². The number of rotatable bonds is 19. The summed E-state index contributed by atoms with van der Waals surface area (Å²) < 4.78 is 64.4. The summed E-state index contributed by atoms with van der Waals surface area (Å²) in [6, 6.07) is -4.47. The van der Waals surface area contributed by atoms with Crippen molar-refractivity contribution in [2.45, 2.75) is 212 Å². The Bertz CT molecular complexity index is 1870. The zero-order valence-corrected chi connectivity index (χ0v) is 41.4. The van der Waals surface area contributed by atoms with Crippen LogP contribution in [0.15, 0.2) is 0 Å². The minimum absolute atomic E-state index is 0.563. The molecule has 6 fully saturated rings. The molecular formula is C43H73N3O30. The Labute approximate surface area is 432 Å². The van der Waals surface area contributed by atoms with Gasteiger partial charge >= 0.3 is 0 Å². The van der Waals surface area contributed by atoms with E-state index >= 15 is 0 Å². The highest BCUT2D eigenvalue weighted by atomic mass is 16.8. The van der Waals surface area contributed by atoms with E-state index in [0.29, 0.717) is 0 Å². The largest absolute Gasteiger partial charge is 0.394 e. The topological polar surface area (TPSA) is 513 Å². The summed E-state index contributed by atoms with van der Waals surface area (Å²) in [5, 5.41) is 181. The van der Waals surface area contributed by atoms with Crippen molar-refractivity contribution < 1.29 is 148 Å². The molecule has 3 amide bonds. The number of amides is 3. The van der Waals surface area contributed by atoms with Gasteiger partial charge in [-0.05, 0) is 6.92 Å². The number of hydrogen-bond acceptors (Lipinski definition) is 30. The Kier molecular flexibility index (Phi) is 22.4. The lowest BCUT2D eigenvalue weighted by Gasteiger charge is -2.51. The second kappa shape index (κ2) is 27.2. The van der Waals surface area contributed by atoms with Crippen LogP contribution in [0.2, 0.25) is 0 Å². The van der Waals surface area contributed by atoms with E-state index in [9.17, 15) is 96.1 Å². The van der Waals surface area contributed by atoms with Gasteiger partial charge in [-0.25, -0.2) is 0 Å². The van der Waals surface area contributed by atoms with Gasteiger partial charge in [0.25, 0.3) is 0 Å². The molecule has 0 spiro atoms. The first kappa shape index (κ1) is 62.5. The van der Waals surface area contributed by atoms with Crippen molar-refractivity contribution in [3.05, 3.63) is 0 Å². The van der Waals surface area contributed by atoms with Crippen LogP contribution >= 0.6 is 0 Å². The summed E-state index contributed by atoms with van der Waals surface area (Å²) in [5.74, 6) is -2.16. The van der Waals surface area contributed by atoms with Gasteiger partial charge in [-0.2, -0.15) is 0 Å². The molecule has 0 aromatic rings. The standard InChI is InChI=1S/C43H73N3O30/c1-11-21(44-12(2)52)29(60)35(18(8-50)67-11)73-40-23(46-14(4)54)30(61)36(19(9-51)71-40)74-42-34(65)37(27(58)20(72-42)10-66-41-33(64)31(62)25(56)16(6-48)69-41)75-43-38(32(63)26(57)17(7-49)70-43)76-39-22(45-13(3)53)28(59)24(55)15(5-47)68-39/h11,15-43,47-51,55-65H,5-10H2,1-4H3,(H,44,52)(H,45,53)(H,46,54)/t11-,15?,16?,17+,18?,19?,20?,21?,22?,23?,24-,25-,26-,27-,28+,29+,30+,31-,32?,33?,34?,35-,36-,37-,38?,39-,40-,41+,42-,43-/m0/s1. The molecule has 0 aromatic heterocycles. The Hall–Kier alpha value is -2.67. The molecule has 440 valence electrons. The van der Waals surface area contributed by atoms with Crippen LogP contribution in [0.4, 0.5) is 0 Å². The summed E-state index contributed by atoms with van der Waals surface area (Å²) in [6.45, 7) is -0.761. The highest BCUT2D eigenvalue weighted by molar-refractivity contribution is 5.74. The average Bonchev–Trinajstić information content (AvgIpc) is 3.37. The zero-order chi connectivity index (χ0) is 56.2. The van der Waals surface area contributed by atoms with Gasteiger partial charge in [-0.1, -0.05) is 0 Å². The molecule has 6 rings (SSSR count). The van der Waals surface area contributed by atoms with Crippen molar-refractivity contribution in [3.8, 4) is 0 Å². The molecule has 12 unspecified atom stereocenters. The average molecular weight is 1110 g/mol. The van der Waals surface area contributed by atoms with Crippen LogP contribution in [0.5, 0.6) is 0 Å². The quantitative estimate of drug-likeness (QED) is 0.0571. The smallest absolute Gasteiger partial charge is 0.217 e. The van der Waals surface area contributed by atoms with E-state index in [0.717, 1.165) is 13.8 Å². The van der Waals surface area contributed by atoms with Crippen LogP contribution in [-0.4, -0.2) is 323 Å². The zero-order valence-electron chi connectivity index (χ0n) is 41.4. The summed E-state index contributed by atoms with van der Waals surface area (Å²) in [6.07, 6.45) is -49.9. The molecule has 33 heteroatoms. The Morgan fingerprint density at radius 1 is 0.355 bits per heavy atom. The summed E-state index contributed by atoms with van der Waals surface area (Å²) in [5.41, 5.74) is 0. The molecule has 19 N–H and O–H groups in total. The molecule has 33 nitrogen and oxygen atoms in total. The Morgan fingerprint density at radius 2 is 0.737 bits per heavy atom. The molecule has 0 aliphatic carbocycles. The van der Waals surface area contributed by atoms with Crippen molar-refractivity contribution >= 4 is 17.7 Å².